The van der Waals surface area contributed by atoms with Crippen molar-refractivity contribution in [3.63, 3.8) is 0 Å². The average Bonchev–Trinajstić information content (AvgIpc) is 2.83. The maximum atomic E-state index is 12.2. The molecule has 0 saturated carbocycles. The van der Waals surface area contributed by atoms with E-state index in [1.807, 2.05) is 44.3 Å². The van der Waals surface area contributed by atoms with E-state index >= 15 is 0 Å². The molecular weight excluding hydrogens is 276 g/mol. The predicted molar refractivity (Wildman–Crippen MR) is 86.0 cm³/mol. The minimum Gasteiger partial charge on any atom is -0.361 e. The lowest BCUT2D eigenvalue weighted by atomic mass is 10.1. The van der Waals surface area contributed by atoms with Gasteiger partial charge >= 0.3 is 0 Å². The van der Waals surface area contributed by atoms with Gasteiger partial charge in [0, 0.05) is 23.4 Å². The molecule has 112 valence electrons. The van der Waals surface area contributed by atoms with Crippen LogP contribution in [-0.4, -0.2) is 9.72 Å². The standard InChI is InChI=1S/C18H18N2O2/c1-12-6-4-5-7-15(12)10-20-11-16(8-9-17(20)21)18-13(2)19-22-14(18)3/h4-9,11H,10H2,1-3H3. The van der Waals surface area contributed by atoms with E-state index in [-0.39, 0.29) is 5.56 Å². The Kier molecular flexibility index (Phi) is 3.67. The third-order valence-electron chi connectivity index (χ3n) is 3.91. The van der Waals surface area contributed by atoms with Crippen LogP contribution < -0.4 is 5.56 Å². The lowest BCUT2D eigenvalue weighted by molar-refractivity contribution is 0.393. The van der Waals surface area contributed by atoms with Crippen LogP contribution in [0.1, 0.15) is 22.6 Å². The monoisotopic (exact) mass is 294 g/mol. The number of hydrogen-bond acceptors (Lipinski definition) is 3. The van der Waals surface area contributed by atoms with Crippen molar-refractivity contribution >= 4 is 0 Å². The number of hydrogen-bond donors (Lipinski definition) is 0. The van der Waals surface area contributed by atoms with Crippen LogP contribution in [0.15, 0.2) is 51.9 Å². The minimum absolute atomic E-state index is 0.0150. The summed E-state index contributed by atoms with van der Waals surface area (Å²) in [7, 11) is 0. The Hall–Kier alpha value is -2.62. The van der Waals surface area contributed by atoms with E-state index in [0.29, 0.717) is 6.54 Å². The Labute approximate surface area is 129 Å². The lowest BCUT2D eigenvalue weighted by Crippen LogP contribution is -2.19. The third-order valence-corrected chi connectivity index (χ3v) is 3.91. The third kappa shape index (κ3) is 2.60. The van der Waals surface area contributed by atoms with E-state index in [1.165, 1.54) is 5.56 Å². The van der Waals surface area contributed by atoms with Gasteiger partial charge < -0.3 is 9.09 Å². The van der Waals surface area contributed by atoms with Crippen molar-refractivity contribution < 1.29 is 4.52 Å². The van der Waals surface area contributed by atoms with Gasteiger partial charge in [0.2, 0.25) is 0 Å². The molecule has 0 fully saturated rings. The normalized spacial score (nSPS) is 10.9. The molecule has 0 saturated heterocycles. The molecule has 3 rings (SSSR count). The molecule has 2 heterocycles. The number of aromatic nitrogens is 2. The predicted octanol–water partition coefficient (Wildman–Crippen LogP) is 3.48. The van der Waals surface area contributed by atoms with E-state index in [0.717, 1.165) is 28.1 Å². The molecule has 0 atom stereocenters. The van der Waals surface area contributed by atoms with Crippen LogP contribution in [0, 0.1) is 20.8 Å². The zero-order valence-electron chi connectivity index (χ0n) is 13.0. The first-order chi connectivity index (χ1) is 10.6. The molecule has 0 N–H and O–H groups in total. The largest absolute Gasteiger partial charge is 0.361 e. The first-order valence-corrected chi connectivity index (χ1v) is 7.24. The van der Waals surface area contributed by atoms with Crippen LogP contribution in [0.3, 0.4) is 0 Å². The van der Waals surface area contributed by atoms with Crippen molar-refractivity contribution in [1.82, 2.24) is 9.72 Å². The highest BCUT2D eigenvalue weighted by Gasteiger charge is 2.12. The van der Waals surface area contributed by atoms with Crippen LogP contribution in [-0.2, 0) is 6.54 Å². The van der Waals surface area contributed by atoms with Gasteiger partial charge in [-0.3, -0.25) is 4.79 Å². The zero-order valence-corrected chi connectivity index (χ0v) is 13.0. The molecular formula is C18H18N2O2. The number of benzene rings is 1. The molecule has 4 heteroatoms. The fraction of sp³-hybridized carbons (Fsp3) is 0.222. The smallest absolute Gasteiger partial charge is 0.250 e. The molecule has 3 aromatic rings. The second-order valence-electron chi connectivity index (χ2n) is 5.51. The minimum atomic E-state index is -0.0150. The van der Waals surface area contributed by atoms with Gasteiger partial charge in [-0.1, -0.05) is 29.4 Å². The van der Waals surface area contributed by atoms with Crippen molar-refractivity contribution in [2.45, 2.75) is 27.3 Å². The van der Waals surface area contributed by atoms with Gasteiger partial charge in [-0.05, 0) is 38.0 Å². The van der Waals surface area contributed by atoms with E-state index in [9.17, 15) is 4.79 Å². The van der Waals surface area contributed by atoms with Crippen molar-refractivity contribution in [1.29, 1.82) is 0 Å². The quantitative estimate of drug-likeness (QED) is 0.743. The van der Waals surface area contributed by atoms with Gasteiger partial charge in [0.25, 0.3) is 5.56 Å². The Balaban J connectivity index is 2.05. The van der Waals surface area contributed by atoms with Crippen molar-refractivity contribution in [3.05, 3.63) is 75.5 Å². The van der Waals surface area contributed by atoms with Gasteiger partial charge in [0.1, 0.15) is 5.76 Å². The molecule has 2 aromatic heterocycles. The molecule has 0 spiro atoms. The molecule has 0 aliphatic carbocycles. The van der Waals surface area contributed by atoms with E-state index in [2.05, 4.69) is 18.1 Å². The Morgan fingerprint density at radius 2 is 1.86 bits per heavy atom. The van der Waals surface area contributed by atoms with Crippen LogP contribution in [0.2, 0.25) is 0 Å². The summed E-state index contributed by atoms with van der Waals surface area (Å²) in [6, 6.07) is 11.5. The van der Waals surface area contributed by atoms with Gasteiger partial charge in [-0.2, -0.15) is 0 Å². The SMILES string of the molecule is Cc1ccccc1Cn1cc(-c2c(C)noc2C)ccc1=O. The highest BCUT2D eigenvalue weighted by atomic mass is 16.5. The molecule has 1 aromatic carbocycles. The Morgan fingerprint density at radius 3 is 2.55 bits per heavy atom. The van der Waals surface area contributed by atoms with Crippen LogP contribution in [0.4, 0.5) is 0 Å². The number of aryl methyl sites for hydroxylation is 3. The number of rotatable bonds is 3. The van der Waals surface area contributed by atoms with Gasteiger partial charge in [0.15, 0.2) is 0 Å². The number of pyridine rings is 1. The molecule has 0 bridgehead atoms. The highest BCUT2D eigenvalue weighted by molar-refractivity contribution is 5.66. The van der Waals surface area contributed by atoms with Crippen molar-refractivity contribution in [2.24, 2.45) is 0 Å². The molecule has 0 aliphatic heterocycles. The van der Waals surface area contributed by atoms with E-state index in [1.54, 1.807) is 10.6 Å². The van der Waals surface area contributed by atoms with Crippen LogP contribution in [0.5, 0.6) is 0 Å². The molecule has 0 radical (unpaired) electrons. The summed E-state index contributed by atoms with van der Waals surface area (Å²) in [6.45, 7) is 6.40. The van der Waals surface area contributed by atoms with Crippen LogP contribution >= 0.6 is 0 Å². The summed E-state index contributed by atoms with van der Waals surface area (Å²) in [5, 5.41) is 3.98. The molecule has 4 nitrogen and oxygen atoms in total. The number of nitrogens with zero attached hydrogens (tertiary/aromatic N) is 2. The first kappa shape index (κ1) is 14.3. The van der Waals surface area contributed by atoms with E-state index in [4.69, 9.17) is 4.52 Å². The zero-order chi connectivity index (χ0) is 15.7. The summed E-state index contributed by atoms with van der Waals surface area (Å²) in [5.41, 5.74) is 5.04. The summed E-state index contributed by atoms with van der Waals surface area (Å²) in [6.07, 6.45) is 1.88. The second kappa shape index (κ2) is 5.64. The summed E-state index contributed by atoms with van der Waals surface area (Å²) < 4.78 is 6.95. The van der Waals surface area contributed by atoms with Gasteiger partial charge in [-0.15, -0.1) is 0 Å². The fourth-order valence-corrected chi connectivity index (χ4v) is 2.67. The average molecular weight is 294 g/mol. The van der Waals surface area contributed by atoms with Crippen molar-refractivity contribution in [2.75, 3.05) is 0 Å². The highest BCUT2D eigenvalue weighted by Crippen LogP contribution is 2.25. The lowest BCUT2D eigenvalue weighted by Gasteiger charge is -2.10. The van der Waals surface area contributed by atoms with E-state index < -0.39 is 0 Å². The Morgan fingerprint density at radius 1 is 1.09 bits per heavy atom. The van der Waals surface area contributed by atoms with Gasteiger partial charge in [0.05, 0.1) is 12.2 Å². The maximum Gasteiger partial charge on any atom is 0.250 e. The topological polar surface area (TPSA) is 48.0 Å². The molecule has 0 amide bonds. The van der Waals surface area contributed by atoms with Gasteiger partial charge in [-0.25, -0.2) is 0 Å². The first-order valence-electron chi connectivity index (χ1n) is 7.24. The second-order valence-corrected chi connectivity index (χ2v) is 5.51. The Bertz CT molecular complexity index is 855. The maximum absolute atomic E-state index is 12.2. The summed E-state index contributed by atoms with van der Waals surface area (Å²) >= 11 is 0. The fourth-order valence-electron chi connectivity index (χ4n) is 2.67. The molecule has 0 aliphatic rings. The summed E-state index contributed by atoms with van der Waals surface area (Å²) in [4.78, 5) is 12.2. The van der Waals surface area contributed by atoms with Crippen LogP contribution in [0.25, 0.3) is 11.1 Å². The molecule has 0 unspecified atom stereocenters. The molecule has 22 heavy (non-hydrogen) atoms. The summed E-state index contributed by atoms with van der Waals surface area (Å²) in [5.74, 6) is 0.763. The van der Waals surface area contributed by atoms with Crippen molar-refractivity contribution in [3.8, 4) is 11.1 Å².